The number of carbonyl (C=O) groups is 1. The molecule has 0 radical (unpaired) electrons. The molecule has 142 valence electrons. The molecule has 0 aliphatic rings. The first-order valence-corrected chi connectivity index (χ1v) is 9.77. The molecule has 3 aromatic rings. The third kappa shape index (κ3) is 3.94. The van der Waals surface area contributed by atoms with E-state index in [4.69, 9.17) is 16.3 Å². The maximum absolute atomic E-state index is 12.9. The van der Waals surface area contributed by atoms with Gasteiger partial charge in [-0.2, -0.15) is 5.10 Å². The zero-order valence-electron chi connectivity index (χ0n) is 15.5. The van der Waals surface area contributed by atoms with E-state index in [1.807, 2.05) is 32.4 Å². The van der Waals surface area contributed by atoms with Gasteiger partial charge in [0.25, 0.3) is 5.91 Å². The van der Waals surface area contributed by atoms with Crippen LogP contribution >= 0.6 is 27.5 Å². The Morgan fingerprint density at radius 3 is 2.78 bits per heavy atom. The van der Waals surface area contributed by atoms with Gasteiger partial charge in [-0.05, 0) is 61.8 Å². The summed E-state index contributed by atoms with van der Waals surface area (Å²) in [5.41, 5.74) is 2.36. The van der Waals surface area contributed by atoms with Crippen molar-refractivity contribution in [1.29, 1.82) is 0 Å². The number of aryl methyl sites for hydroxylation is 1. The van der Waals surface area contributed by atoms with Crippen molar-refractivity contribution in [2.24, 2.45) is 0 Å². The number of anilines is 1. The summed E-state index contributed by atoms with van der Waals surface area (Å²) in [5, 5.41) is 8.55. The highest BCUT2D eigenvalue weighted by molar-refractivity contribution is 9.10. The van der Waals surface area contributed by atoms with Gasteiger partial charge in [0, 0.05) is 16.5 Å². The molecule has 0 unspecified atom stereocenters. The third-order valence-corrected chi connectivity index (χ3v) is 4.85. The fourth-order valence-electron chi connectivity index (χ4n) is 2.81. The lowest BCUT2D eigenvalue weighted by Crippen LogP contribution is -2.15. The summed E-state index contributed by atoms with van der Waals surface area (Å²) < 4.78 is 8.16. The molecule has 8 heteroatoms. The number of halogens is 2. The van der Waals surface area contributed by atoms with Crippen LogP contribution in [0.25, 0.3) is 11.0 Å². The number of fused-ring (bicyclic) bond motifs is 1. The molecule has 0 bridgehead atoms. The van der Waals surface area contributed by atoms with E-state index >= 15 is 0 Å². The molecule has 1 amide bonds. The lowest BCUT2D eigenvalue weighted by molar-refractivity contribution is 0.102. The number of amides is 1. The van der Waals surface area contributed by atoms with Crippen LogP contribution < -0.4 is 10.1 Å². The van der Waals surface area contributed by atoms with E-state index in [2.05, 4.69) is 31.3 Å². The molecule has 0 saturated heterocycles. The molecule has 0 aliphatic heterocycles. The van der Waals surface area contributed by atoms with E-state index in [0.29, 0.717) is 38.8 Å². The number of aromatic nitrogens is 3. The minimum atomic E-state index is -0.283. The van der Waals surface area contributed by atoms with Crippen LogP contribution in [0.15, 0.2) is 28.9 Å². The smallest absolute Gasteiger partial charge is 0.257 e. The quantitative estimate of drug-likeness (QED) is 0.565. The lowest BCUT2D eigenvalue weighted by Gasteiger charge is -2.15. The Labute approximate surface area is 171 Å². The number of ether oxygens (including phenoxy) is 1. The van der Waals surface area contributed by atoms with E-state index in [0.717, 1.165) is 11.0 Å². The van der Waals surface area contributed by atoms with E-state index in [-0.39, 0.29) is 11.9 Å². The van der Waals surface area contributed by atoms with Crippen molar-refractivity contribution < 1.29 is 9.53 Å². The van der Waals surface area contributed by atoms with Gasteiger partial charge in [0.2, 0.25) is 0 Å². The number of hydrogen-bond donors (Lipinski definition) is 1. The number of hydrogen-bond acceptors (Lipinski definition) is 4. The summed E-state index contributed by atoms with van der Waals surface area (Å²) in [5.74, 6) is 0.254. The largest absolute Gasteiger partial charge is 0.491 e. The van der Waals surface area contributed by atoms with Crippen molar-refractivity contribution in [1.82, 2.24) is 14.8 Å². The van der Waals surface area contributed by atoms with Crippen molar-refractivity contribution in [3.63, 3.8) is 0 Å². The molecule has 1 N–H and O–H groups in total. The summed E-state index contributed by atoms with van der Waals surface area (Å²) in [6, 6.07) is 5.37. The van der Waals surface area contributed by atoms with Gasteiger partial charge in [-0.1, -0.05) is 11.6 Å². The average molecular weight is 452 g/mol. The molecule has 2 aromatic heterocycles. The summed E-state index contributed by atoms with van der Waals surface area (Å²) >= 11 is 9.56. The predicted octanol–water partition coefficient (Wildman–Crippen LogP) is 5.39. The Morgan fingerprint density at radius 2 is 2.11 bits per heavy atom. The van der Waals surface area contributed by atoms with Crippen LogP contribution in [0.5, 0.6) is 5.75 Å². The highest BCUT2D eigenvalue weighted by atomic mass is 79.9. The van der Waals surface area contributed by atoms with Crippen molar-refractivity contribution in [2.75, 3.05) is 11.9 Å². The zero-order valence-corrected chi connectivity index (χ0v) is 17.8. The normalized spacial score (nSPS) is 11.2. The third-order valence-electron chi connectivity index (χ3n) is 4.04. The molecule has 27 heavy (non-hydrogen) atoms. The Hall–Kier alpha value is -2.12. The van der Waals surface area contributed by atoms with Crippen LogP contribution in [0.1, 0.15) is 42.9 Å². The molecule has 0 spiro atoms. The SMILES string of the molecule is CCOc1c(Br)cc(Cl)cc1NC(=O)c1cc2cnn(C(C)C)c2nc1C. The van der Waals surface area contributed by atoms with Crippen LogP contribution in [-0.4, -0.2) is 27.3 Å². The van der Waals surface area contributed by atoms with E-state index in [1.54, 1.807) is 24.4 Å². The van der Waals surface area contributed by atoms with Gasteiger partial charge >= 0.3 is 0 Å². The predicted molar refractivity (Wildman–Crippen MR) is 111 cm³/mol. The average Bonchev–Trinajstić information content (AvgIpc) is 3.00. The molecule has 3 rings (SSSR count). The lowest BCUT2D eigenvalue weighted by atomic mass is 10.1. The van der Waals surface area contributed by atoms with Crippen LogP contribution in [0.2, 0.25) is 5.02 Å². The highest BCUT2D eigenvalue weighted by Gasteiger charge is 2.18. The summed E-state index contributed by atoms with van der Waals surface area (Å²) in [7, 11) is 0. The Kier molecular flexibility index (Phi) is 5.72. The fraction of sp³-hybridized carbons (Fsp3) is 0.316. The number of carbonyl (C=O) groups excluding carboxylic acids is 1. The minimum absolute atomic E-state index is 0.187. The molecule has 0 fully saturated rings. The maximum atomic E-state index is 12.9. The molecular weight excluding hydrogens is 432 g/mol. The monoisotopic (exact) mass is 450 g/mol. The molecule has 0 aliphatic carbocycles. The topological polar surface area (TPSA) is 69.0 Å². The van der Waals surface area contributed by atoms with E-state index in [9.17, 15) is 4.79 Å². The van der Waals surface area contributed by atoms with Crippen molar-refractivity contribution in [2.45, 2.75) is 33.7 Å². The van der Waals surface area contributed by atoms with Crippen molar-refractivity contribution in [3.8, 4) is 5.75 Å². The first-order valence-electron chi connectivity index (χ1n) is 8.59. The van der Waals surface area contributed by atoms with Gasteiger partial charge in [0.15, 0.2) is 11.4 Å². The van der Waals surface area contributed by atoms with Gasteiger partial charge in [0.1, 0.15) is 0 Å². The van der Waals surface area contributed by atoms with Gasteiger partial charge in [-0.25, -0.2) is 9.67 Å². The molecule has 1 aromatic carbocycles. The maximum Gasteiger partial charge on any atom is 0.257 e. The summed E-state index contributed by atoms with van der Waals surface area (Å²) in [6.45, 7) is 8.22. The molecule has 2 heterocycles. The van der Waals surface area contributed by atoms with Crippen LogP contribution in [0, 0.1) is 6.92 Å². The number of benzene rings is 1. The number of nitrogens with zero attached hydrogens (tertiary/aromatic N) is 3. The first-order chi connectivity index (χ1) is 12.8. The number of rotatable bonds is 5. The fourth-order valence-corrected chi connectivity index (χ4v) is 3.73. The highest BCUT2D eigenvalue weighted by Crippen LogP contribution is 2.37. The number of pyridine rings is 1. The van der Waals surface area contributed by atoms with E-state index < -0.39 is 0 Å². The Bertz CT molecular complexity index is 1020. The summed E-state index contributed by atoms with van der Waals surface area (Å²) in [4.78, 5) is 17.5. The second-order valence-electron chi connectivity index (χ2n) is 6.37. The Morgan fingerprint density at radius 1 is 1.37 bits per heavy atom. The van der Waals surface area contributed by atoms with Gasteiger partial charge in [-0.15, -0.1) is 0 Å². The summed E-state index contributed by atoms with van der Waals surface area (Å²) in [6.07, 6.45) is 1.72. The molecule has 0 saturated carbocycles. The van der Waals surface area contributed by atoms with Crippen molar-refractivity contribution >= 4 is 50.2 Å². The molecule has 6 nitrogen and oxygen atoms in total. The standard InChI is InChI=1S/C19H20BrClN4O2/c1-5-27-17-15(20)7-13(21)8-16(17)24-19(26)14-6-12-9-22-25(10(2)3)18(12)23-11(14)4/h6-10H,5H2,1-4H3,(H,24,26). The van der Waals surface area contributed by atoms with Gasteiger partial charge in [-0.3, -0.25) is 4.79 Å². The zero-order chi connectivity index (χ0) is 19.7. The van der Waals surface area contributed by atoms with Crippen LogP contribution in [-0.2, 0) is 0 Å². The van der Waals surface area contributed by atoms with Gasteiger partial charge in [0.05, 0.1) is 34.2 Å². The van der Waals surface area contributed by atoms with E-state index in [1.165, 1.54) is 0 Å². The van der Waals surface area contributed by atoms with Gasteiger partial charge < -0.3 is 10.1 Å². The van der Waals surface area contributed by atoms with Crippen LogP contribution in [0.3, 0.4) is 0 Å². The second-order valence-corrected chi connectivity index (χ2v) is 7.66. The van der Waals surface area contributed by atoms with Crippen LogP contribution in [0.4, 0.5) is 5.69 Å². The minimum Gasteiger partial charge on any atom is -0.491 e. The molecule has 0 atom stereocenters. The molecular formula is C19H20BrClN4O2. The Balaban J connectivity index is 1.99. The first kappa shape index (κ1) is 19.6. The second kappa shape index (κ2) is 7.86. The van der Waals surface area contributed by atoms with Crippen molar-refractivity contribution in [3.05, 3.63) is 45.1 Å². The number of nitrogens with one attached hydrogen (secondary N) is 1.